The molecule has 5 heteroatoms. The van der Waals surface area contributed by atoms with Gasteiger partial charge >= 0.3 is 0 Å². The molecule has 1 unspecified atom stereocenters. The molecule has 0 N–H and O–H groups in total. The van der Waals surface area contributed by atoms with Gasteiger partial charge in [0.15, 0.2) is 0 Å². The van der Waals surface area contributed by atoms with Crippen molar-refractivity contribution in [1.29, 1.82) is 0 Å². The maximum atomic E-state index is 14.3. The zero-order valence-corrected chi connectivity index (χ0v) is 16.3. The molecule has 0 fully saturated rings. The van der Waals surface area contributed by atoms with Gasteiger partial charge in [-0.1, -0.05) is 24.3 Å². The van der Waals surface area contributed by atoms with Crippen molar-refractivity contribution in [2.45, 2.75) is 39.0 Å². The fraction of sp³-hybridized carbons (Fsp3) is 0.455. The van der Waals surface area contributed by atoms with Crippen LogP contribution in [-0.2, 0) is 11.3 Å². The fourth-order valence-electron chi connectivity index (χ4n) is 3.59. The second-order valence-corrected chi connectivity index (χ2v) is 6.87. The van der Waals surface area contributed by atoms with Gasteiger partial charge in [0.25, 0.3) is 0 Å². The Morgan fingerprint density at radius 1 is 0.963 bits per heavy atom. The van der Waals surface area contributed by atoms with E-state index >= 15 is 0 Å². The standard InChI is InChI=1S/C22H28F3NO/c1-16-8-6-9-17(2)22(16)18(15-26(27-3)13-5-4-12-23)14-19-20(24)10-7-11-21(19)25/h6-11,18H,4-5,12-15H2,1-3H3. The first kappa shape index (κ1) is 21.5. The number of halogens is 3. The van der Waals surface area contributed by atoms with Gasteiger partial charge in [-0.15, -0.1) is 0 Å². The minimum atomic E-state index is -0.535. The third-order valence-electron chi connectivity index (χ3n) is 4.94. The summed E-state index contributed by atoms with van der Waals surface area (Å²) in [6.45, 7) is 4.70. The number of hydrogen-bond acceptors (Lipinski definition) is 2. The van der Waals surface area contributed by atoms with Gasteiger partial charge in [-0.3, -0.25) is 4.39 Å². The van der Waals surface area contributed by atoms with Crippen LogP contribution in [-0.4, -0.2) is 31.9 Å². The minimum absolute atomic E-state index is 0.0879. The van der Waals surface area contributed by atoms with Gasteiger partial charge in [0.2, 0.25) is 0 Å². The zero-order chi connectivity index (χ0) is 19.8. The number of nitrogens with zero attached hydrogens (tertiary/aromatic N) is 1. The van der Waals surface area contributed by atoms with Crippen LogP contribution in [0.15, 0.2) is 36.4 Å². The lowest BCUT2D eigenvalue weighted by atomic mass is 9.85. The molecule has 0 saturated carbocycles. The lowest BCUT2D eigenvalue weighted by Crippen LogP contribution is -2.30. The molecule has 0 aliphatic rings. The zero-order valence-electron chi connectivity index (χ0n) is 16.3. The van der Waals surface area contributed by atoms with Gasteiger partial charge in [0.05, 0.1) is 13.8 Å². The molecule has 0 aliphatic carbocycles. The highest BCUT2D eigenvalue weighted by Crippen LogP contribution is 2.30. The van der Waals surface area contributed by atoms with E-state index in [9.17, 15) is 13.2 Å². The number of unbranched alkanes of at least 4 members (excludes halogenated alkanes) is 1. The highest BCUT2D eigenvalue weighted by molar-refractivity contribution is 5.38. The summed E-state index contributed by atoms with van der Waals surface area (Å²) < 4.78 is 41.0. The van der Waals surface area contributed by atoms with Gasteiger partial charge in [-0.25, -0.2) is 8.78 Å². The molecule has 148 valence electrons. The molecule has 0 aromatic heterocycles. The van der Waals surface area contributed by atoms with Gasteiger partial charge in [-0.2, -0.15) is 5.06 Å². The summed E-state index contributed by atoms with van der Waals surface area (Å²) in [4.78, 5) is 5.45. The summed E-state index contributed by atoms with van der Waals surface area (Å²) in [7, 11) is 1.57. The Labute approximate surface area is 159 Å². The van der Waals surface area contributed by atoms with E-state index in [0.717, 1.165) is 16.7 Å². The molecule has 0 heterocycles. The van der Waals surface area contributed by atoms with E-state index < -0.39 is 11.6 Å². The van der Waals surface area contributed by atoms with Gasteiger partial charge < -0.3 is 4.84 Å². The molecule has 0 spiro atoms. The first-order valence-corrected chi connectivity index (χ1v) is 9.32. The highest BCUT2D eigenvalue weighted by atomic mass is 19.1. The first-order valence-electron chi connectivity index (χ1n) is 9.32. The molecule has 2 aromatic rings. The number of hydroxylamine groups is 2. The number of rotatable bonds is 10. The molecule has 0 bridgehead atoms. The van der Waals surface area contributed by atoms with Gasteiger partial charge in [0, 0.05) is 24.6 Å². The van der Waals surface area contributed by atoms with Crippen molar-refractivity contribution < 1.29 is 18.0 Å². The number of aryl methyl sites for hydroxylation is 2. The first-order chi connectivity index (χ1) is 13.0. The van der Waals surface area contributed by atoms with Crippen LogP contribution in [0.3, 0.4) is 0 Å². The summed E-state index contributed by atoms with van der Waals surface area (Å²) in [6.07, 6.45) is 1.36. The van der Waals surface area contributed by atoms with Gasteiger partial charge in [-0.05, 0) is 61.9 Å². The summed E-state index contributed by atoms with van der Waals surface area (Å²) in [5.74, 6) is -1.22. The predicted molar refractivity (Wildman–Crippen MR) is 103 cm³/mol. The maximum Gasteiger partial charge on any atom is 0.129 e. The van der Waals surface area contributed by atoms with Crippen molar-refractivity contribution in [2.24, 2.45) is 0 Å². The van der Waals surface area contributed by atoms with Crippen molar-refractivity contribution in [1.82, 2.24) is 5.06 Å². The Kier molecular flexibility index (Phi) is 8.32. The van der Waals surface area contributed by atoms with E-state index in [1.54, 1.807) is 12.2 Å². The number of hydrogen-bond donors (Lipinski definition) is 0. The molecule has 0 radical (unpaired) electrons. The Hall–Kier alpha value is -1.85. The molecule has 2 nitrogen and oxygen atoms in total. The average Bonchev–Trinajstić information content (AvgIpc) is 2.63. The quantitative estimate of drug-likeness (QED) is 0.398. The molecule has 1 atom stereocenters. The van der Waals surface area contributed by atoms with Crippen LogP contribution in [0, 0.1) is 25.5 Å². The van der Waals surface area contributed by atoms with Crippen molar-refractivity contribution in [3.8, 4) is 0 Å². The maximum absolute atomic E-state index is 14.3. The van der Waals surface area contributed by atoms with Crippen LogP contribution in [0.25, 0.3) is 0 Å². The normalized spacial score (nSPS) is 12.6. The van der Waals surface area contributed by atoms with Crippen LogP contribution in [0.2, 0.25) is 0 Å². The summed E-state index contributed by atoms with van der Waals surface area (Å²) in [5.41, 5.74) is 3.32. The molecular weight excluding hydrogens is 351 g/mol. The Morgan fingerprint density at radius 3 is 2.11 bits per heavy atom. The lowest BCUT2D eigenvalue weighted by molar-refractivity contribution is -0.135. The molecule has 0 amide bonds. The van der Waals surface area contributed by atoms with Crippen molar-refractivity contribution in [3.63, 3.8) is 0 Å². The van der Waals surface area contributed by atoms with Crippen molar-refractivity contribution >= 4 is 0 Å². The van der Waals surface area contributed by atoms with E-state index in [1.807, 2.05) is 32.0 Å². The lowest BCUT2D eigenvalue weighted by Gasteiger charge is -2.28. The topological polar surface area (TPSA) is 12.5 Å². The molecule has 2 aromatic carbocycles. The Morgan fingerprint density at radius 2 is 1.56 bits per heavy atom. The van der Waals surface area contributed by atoms with Crippen LogP contribution in [0.5, 0.6) is 0 Å². The van der Waals surface area contributed by atoms with Crippen LogP contribution < -0.4 is 0 Å². The highest BCUT2D eigenvalue weighted by Gasteiger charge is 2.23. The Balaban J connectivity index is 2.33. The molecular formula is C22H28F3NO. The molecule has 2 rings (SSSR count). The van der Waals surface area contributed by atoms with Crippen molar-refractivity contribution in [3.05, 3.63) is 70.3 Å². The third-order valence-corrected chi connectivity index (χ3v) is 4.94. The minimum Gasteiger partial charge on any atom is -0.302 e. The smallest absolute Gasteiger partial charge is 0.129 e. The predicted octanol–water partition coefficient (Wildman–Crippen LogP) is 5.52. The number of benzene rings is 2. The number of alkyl halides is 1. The van der Waals surface area contributed by atoms with E-state index in [1.165, 1.54) is 18.2 Å². The van der Waals surface area contributed by atoms with Crippen LogP contribution >= 0.6 is 0 Å². The van der Waals surface area contributed by atoms with Crippen molar-refractivity contribution in [2.75, 3.05) is 26.9 Å². The van der Waals surface area contributed by atoms with Crippen LogP contribution in [0.4, 0.5) is 13.2 Å². The molecule has 27 heavy (non-hydrogen) atoms. The van der Waals surface area contributed by atoms with E-state index in [2.05, 4.69) is 0 Å². The SMILES string of the molecule is CON(CCCCF)CC(Cc1c(F)cccc1F)c1c(C)cccc1C. The summed E-state index contributed by atoms with van der Waals surface area (Å²) in [6, 6.07) is 9.94. The van der Waals surface area contributed by atoms with Gasteiger partial charge in [0.1, 0.15) is 11.6 Å². The van der Waals surface area contributed by atoms with E-state index in [4.69, 9.17) is 4.84 Å². The summed E-state index contributed by atoms with van der Waals surface area (Å²) in [5, 5.41) is 1.75. The second-order valence-electron chi connectivity index (χ2n) is 6.87. The molecule has 0 aliphatic heterocycles. The largest absolute Gasteiger partial charge is 0.302 e. The summed E-state index contributed by atoms with van der Waals surface area (Å²) >= 11 is 0. The van der Waals surface area contributed by atoms with E-state index in [0.29, 0.717) is 25.9 Å². The average molecular weight is 379 g/mol. The monoisotopic (exact) mass is 379 g/mol. The van der Waals surface area contributed by atoms with Crippen LogP contribution in [0.1, 0.15) is 41.0 Å². The third kappa shape index (κ3) is 5.81. The second kappa shape index (κ2) is 10.5. The fourth-order valence-corrected chi connectivity index (χ4v) is 3.59. The molecule has 0 saturated heterocycles. The van der Waals surface area contributed by atoms with E-state index in [-0.39, 0.29) is 24.6 Å². The Bertz CT molecular complexity index is 695.